The number of hydrogen-bond donors (Lipinski definition) is 2. The summed E-state index contributed by atoms with van der Waals surface area (Å²) in [7, 11) is 0. The number of aromatic nitrogens is 2. The second-order valence-electron chi connectivity index (χ2n) is 2.10. The predicted octanol–water partition coefficient (Wildman–Crippen LogP) is 1.45. The molecule has 1 rings (SSSR count). The van der Waals surface area contributed by atoms with Crippen molar-refractivity contribution in [3.63, 3.8) is 0 Å². The van der Waals surface area contributed by atoms with Gasteiger partial charge in [-0.3, -0.25) is 0 Å². The quantitative estimate of drug-likeness (QED) is 0.754. The molecule has 0 aliphatic carbocycles. The zero-order valence-corrected chi connectivity index (χ0v) is 8.58. The van der Waals surface area contributed by atoms with Crippen molar-refractivity contribution in [3.05, 3.63) is 16.9 Å². The van der Waals surface area contributed by atoms with Gasteiger partial charge < -0.3 is 10.8 Å². The van der Waals surface area contributed by atoms with E-state index in [9.17, 15) is 13.2 Å². The van der Waals surface area contributed by atoms with E-state index in [1.165, 1.54) is 6.20 Å². The van der Waals surface area contributed by atoms with Gasteiger partial charge in [-0.2, -0.15) is 23.4 Å². The zero-order chi connectivity index (χ0) is 12.1. The van der Waals surface area contributed by atoms with Crippen molar-refractivity contribution >= 4 is 27.6 Å². The normalized spacial score (nSPS) is 10.1. The zero-order valence-electron chi connectivity index (χ0n) is 6.99. The number of nitrogen functional groups attached to an aromatic ring is 1. The fraction of sp³-hybridized carbons (Fsp3) is 0.167. The number of rotatable bonds is 0. The molecule has 84 valence electrons. The van der Waals surface area contributed by atoms with E-state index >= 15 is 0 Å². The lowest BCUT2D eigenvalue weighted by Crippen LogP contribution is -2.21. The van der Waals surface area contributed by atoms with Crippen LogP contribution in [0.2, 0.25) is 0 Å². The first-order chi connectivity index (χ1) is 6.75. The number of nitrogens with zero attached hydrogens (tertiary/aromatic N) is 2. The number of aliphatic carboxylic acids is 1. The van der Waals surface area contributed by atoms with Gasteiger partial charge >= 0.3 is 12.1 Å². The van der Waals surface area contributed by atoms with Crippen LogP contribution in [0.15, 0.2) is 16.9 Å². The third-order valence-corrected chi connectivity index (χ3v) is 1.62. The van der Waals surface area contributed by atoms with Crippen LogP contribution in [0.25, 0.3) is 0 Å². The summed E-state index contributed by atoms with van der Waals surface area (Å²) in [5.41, 5.74) is 5.98. The van der Waals surface area contributed by atoms with Crippen LogP contribution in [0.4, 0.5) is 18.9 Å². The van der Waals surface area contributed by atoms with E-state index in [0.29, 0.717) is 5.69 Å². The molecule has 1 aromatic heterocycles. The molecule has 0 fully saturated rings. The molecule has 0 saturated carbocycles. The minimum Gasteiger partial charge on any atom is -0.475 e. The molecule has 5 nitrogen and oxygen atoms in total. The second kappa shape index (κ2) is 5.49. The molecule has 0 unspecified atom stereocenters. The Morgan fingerprint density at radius 2 is 1.80 bits per heavy atom. The van der Waals surface area contributed by atoms with Crippen molar-refractivity contribution in [2.24, 2.45) is 0 Å². The smallest absolute Gasteiger partial charge is 0.475 e. The average Bonchev–Trinajstić information content (AvgIpc) is 2.09. The number of alkyl halides is 3. The number of carboxylic acid groups (broad SMARTS) is 1. The molecule has 0 saturated heterocycles. The van der Waals surface area contributed by atoms with Crippen LogP contribution >= 0.6 is 15.9 Å². The summed E-state index contributed by atoms with van der Waals surface area (Å²) in [6.45, 7) is 0. The summed E-state index contributed by atoms with van der Waals surface area (Å²) < 4.78 is 32.5. The van der Waals surface area contributed by atoms with Gasteiger partial charge in [-0.1, -0.05) is 0 Å². The van der Waals surface area contributed by atoms with Gasteiger partial charge in [0.2, 0.25) is 0 Å². The van der Waals surface area contributed by atoms with Crippen molar-refractivity contribution in [1.82, 2.24) is 10.2 Å². The Hall–Kier alpha value is -1.38. The van der Waals surface area contributed by atoms with Gasteiger partial charge in [0.25, 0.3) is 0 Å². The lowest BCUT2D eigenvalue weighted by Gasteiger charge is -1.93. The molecule has 15 heavy (non-hydrogen) atoms. The van der Waals surface area contributed by atoms with E-state index in [-0.39, 0.29) is 0 Å². The van der Waals surface area contributed by atoms with Crippen molar-refractivity contribution < 1.29 is 23.1 Å². The molecule has 0 aliphatic rings. The molecule has 0 aliphatic heterocycles. The second-order valence-corrected chi connectivity index (χ2v) is 2.95. The largest absolute Gasteiger partial charge is 0.490 e. The van der Waals surface area contributed by atoms with E-state index in [1.54, 1.807) is 6.20 Å². The first-order valence-electron chi connectivity index (χ1n) is 3.27. The Balaban J connectivity index is 0.000000265. The number of nitrogens with two attached hydrogens (primary N) is 1. The summed E-state index contributed by atoms with van der Waals surface area (Å²) in [6.07, 6.45) is -2.04. The Kier molecular flexibility index (Phi) is 4.98. The highest BCUT2D eigenvalue weighted by Gasteiger charge is 2.38. The molecule has 1 aromatic rings. The molecule has 0 bridgehead atoms. The summed E-state index contributed by atoms with van der Waals surface area (Å²) >= 11 is 3.17. The van der Waals surface area contributed by atoms with Crippen molar-refractivity contribution in [2.75, 3.05) is 5.73 Å². The van der Waals surface area contributed by atoms with Crippen LogP contribution in [-0.2, 0) is 4.79 Å². The van der Waals surface area contributed by atoms with Gasteiger partial charge in [0.1, 0.15) is 0 Å². The Labute approximate surface area is 90.2 Å². The van der Waals surface area contributed by atoms with Crippen LogP contribution in [0.1, 0.15) is 0 Å². The molecule has 0 aromatic carbocycles. The van der Waals surface area contributed by atoms with E-state index in [4.69, 9.17) is 15.6 Å². The maximum atomic E-state index is 10.6. The van der Waals surface area contributed by atoms with Gasteiger partial charge in [-0.05, 0) is 15.9 Å². The molecular formula is C6H5BrF3N3O2. The molecule has 0 radical (unpaired) electrons. The molecule has 9 heteroatoms. The minimum absolute atomic E-state index is 0.611. The predicted molar refractivity (Wildman–Crippen MR) is 47.8 cm³/mol. The SMILES string of the molecule is Nc1cnncc1Br.O=C(O)C(F)(F)F. The summed E-state index contributed by atoms with van der Waals surface area (Å²) in [5.74, 6) is -2.76. The van der Waals surface area contributed by atoms with Crippen LogP contribution in [0.3, 0.4) is 0 Å². The Morgan fingerprint density at radius 3 is 2.00 bits per heavy atom. The highest BCUT2D eigenvalue weighted by atomic mass is 79.9. The Bertz CT molecular complexity index is 324. The maximum Gasteiger partial charge on any atom is 0.490 e. The molecule has 3 N–H and O–H groups in total. The summed E-state index contributed by atoms with van der Waals surface area (Å²) in [5, 5.41) is 14.2. The van der Waals surface area contributed by atoms with Crippen LogP contribution < -0.4 is 5.73 Å². The lowest BCUT2D eigenvalue weighted by atomic mass is 10.5. The third kappa shape index (κ3) is 5.83. The van der Waals surface area contributed by atoms with Gasteiger partial charge in [-0.15, -0.1) is 0 Å². The molecule has 0 amide bonds. The average molecular weight is 288 g/mol. The first-order valence-corrected chi connectivity index (χ1v) is 4.06. The number of hydrogen-bond acceptors (Lipinski definition) is 4. The fourth-order valence-electron chi connectivity index (χ4n) is 0.316. The van der Waals surface area contributed by atoms with Crippen molar-refractivity contribution in [2.45, 2.75) is 6.18 Å². The lowest BCUT2D eigenvalue weighted by molar-refractivity contribution is -0.192. The van der Waals surface area contributed by atoms with Gasteiger partial charge in [0.15, 0.2) is 0 Å². The van der Waals surface area contributed by atoms with Crippen molar-refractivity contribution in [3.8, 4) is 0 Å². The van der Waals surface area contributed by atoms with Crippen LogP contribution in [0, 0.1) is 0 Å². The van der Waals surface area contributed by atoms with Gasteiger partial charge in [0, 0.05) is 0 Å². The number of anilines is 1. The first kappa shape index (κ1) is 13.6. The monoisotopic (exact) mass is 287 g/mol. The topological polar surface area (TPSA) is 89.1 Å². The van der Waals surface area contributed by atoms with Crippen molar-refractivity contribution in [1.29, 1.82) is 0 Å². The third-order valence-electron chi connectivity index (χ3n) is 0.953. The van der Waals surface area contributed by atoms with Gasteiger partial charge in [0.05, 0.1) is 22.6 Å². The van der Waals surface area contributed by atoms with Gasteiger partial charge in [-0.25, -0.2) is 4.79 Å². The van der Waals surface area contributed by atoms with E-state index in [1.807, 2.05) is 0 Å². The number of halogens is 4. The summed E-state index contributed by atoms with van der Waals surface area (Å²) in [4.78, 5) is 8.90. The molecule has 0 spiro atoms. The molecule has 1 heterocycles. The van der Waals surface area contributed by atoms with Crippen LogP contribution in [-0.4, -0.2) is 27.4 Å². The highest BCUT2D eigenvalue weighted by molar-refractivity contribution is 9.10. The van der Waals surface area contributed by atoms with E-state index in [0.717, 1.165) is 4.47 Å². The highest BCUT2D eigenvalue weighted by Crippen LogP contribution is 2.13. The van der Waals surface area contributed by atoms with Crippen LogP contribution in [0.5, 0.6) is 0 Å². The molecular weight excluding hydrogens is 283 g/mol. The van der Waals surface area contributed by atoms with E-state index in [2.05, 4.69) is 26.1 Å². The summed E-state index contributed by atoms with van der Waals surface area (Å²) in [6, 6.07) is 0. The Morgan fingerprint density at radius 1 is 1.40 bits per heavy atom. The fourth-order valence-corrected chi connectivity index (χ4v) is 0.510. The van der Waals surface area contributed by atoms with E-state index < -0.39 is 12.1 Å². The number of carbonyl (C=O) groups is 1. The standard InChI is InChI=1S/C4H4BrN3.C2HF3O2/c5-3-1-7-8-2-4(3)6;3-2(4,5)1(6)7/h1-2H,(H2,6,7);(H,6,7). The number of carboxylic acids is 1. The molecule has 0 atom stereocenters. The minimum atomic E-state index is -5.08. The maximum absolute atomic E-state index is 10.6.